The van der Waals surface area contributed by atoms with Crippen LogP contribution in [-0.2, 0) is 11.2 Å². The molecule has 1 aliphatic rings. The van der Waals surface area contributed by atoms with Crippen LogP contribution in [0.5, 0.6) is 0 Å². The van der Waals surface area contributed by atoms with Gasteiger partial charge in [0.1, 0.15) is 0 Å². The van der Waals surface area contributed by atoms with Gasteiger partial charge in [0.2, 0.25) is 0 Å². The number of rotatable bonds is 3. The zero-order chi connectivity index (χ0) is 12.5. The van der Waals surface area contributed by atoms with E-state index >= 15 is 0 Å². The van der Waals surface area contributed by atoms with Crippen LogP contribution in [0.15, 0.2) is 18.2 Å². The Labute approximate surface area is 112 Å². The Hall–Kier alpha value is -0.470. The Morgan fingerprint density at radius 3 is 2.88 bits per heavy atom. The molecule has 0 aromatic heterocycles. The van der Waals surface area contributed by atoms with Crippen molar-refractivity contribution in [2.45, 2.75) is 37.9 Å². The van der Waals surface area contributed by atoms with Gasteiger partial charge in [0, 0.05) is 11.4 Å². The molecule has 17 heavy (non-hydrogen) atoms. The predicted octanol–water partition coefficient (Wildman–Crippen LogP) is 4.05. The van der Waals surface area contributed by atoms with Crippen molar-refractivity contribution < 1.29 is 4.79 Å². The van der Waals surface area contributed by atoms with E-state index in [-0.39, 0.29) is 4.75 Å². The highest BCUT2D eigenvalue weighted by molar-refractivity contribution is 8.01. The number of Topliss-reactive ketones (excluding diaryl/α,β-unsaturated/α-hetero) is 1. The maximum absolute atomic E-state index is 12.3. The number of carbonyl (C=O) groups excluding carboxylic acids is 1. The van der Waals surface area contributed by atoms with E-state index in [1.807, 2.05) is 25.1 Å². The Morgan fingerprint density at radius 2 is 2.29 bits per heavy atom. The molecule has 0 saturated carbocycles. The highest BCUT2D eigenvalue weighted by atomic mass is 35.5. The topological polar surface area (TPSA) is 17.1 Å². The highest BCUT2D eigenvalue weighted by Gasteiger charge is 2.36. The first-order valence-corrected chi connectivity index (χ1v) is 7.30. The third-order valence-electron chi connectivity index (χ3n) is 3.37. The molecule has 0 radical (unpaired) electrons. The fourth-order valence-electron chi connectivity index (χ4n) is 2.15. The van der Waals surface area contributed by atoms with Crippen LogP contribution in [0.2, 0.25) is 5.02 Å². The summed E-state index contributed by atoms with van der Waals surface area (Å²) in [5.74, 6) is 1.41. The minimum atomic E-state index is -0.186. The monoisotopic (exact) mass is 268 g/mol. The second-order valence-corrected chi connectivity index (χ2v) is 6.88. The van der Waals surface area contributed by atoms with Crippen LogP contribution in [-0.4, -0.2) is 16.3 Å². The summed E-state index contributed by atoms with van der Waals surface area (Å²) in [4.78, 5) is 12.3. The first-order chi connectivity index (χ1) is 8.01. The molecule has 92 valence electrons. The predicted molar refractivity (Wildman–Crippen MR) is 75.0 cm³/mol. The van der Waals surface area contributed by atoms with Crippen LogP contribution in [0.4, 0.5) is 0 Å². The standard InChI is InChI=1S/C14H17ClOS/c1-10-4-5-11(12(15)8-10)9-13(16)14(2)6-3-7-17-14/h4-5,8H,3,6-7,9H2,1-2H3. The van der Waals surface area contributed by atoms with Crippen LogP contribution in [0.3, 0.4) is 0 Å². The molecule has 1 heterocycles. The summed E-state index contributed by atoms with van der Waals surface area (Å²) in [7, 11) is 0. The van der Waals surface area contributed by atoms with Crippen molar-refractivity contribution in [3.63, 3.8) is 0 Å². The van der Waals surface area contributed by atoms with Gasteiger partial charge in [-0.15, -0.1) is 11.8 Å². The highest BCUT2D eigenvalue weighted by Crippen LogP contribution is 2.39. The average Bonchev–Trinajstić information content (AvgIpc) is 2.71. The summed E-state index contributed by atoms with van der Waals surface area (Å²) in [6, 6.07) is 5.91. The van der Waals surface area contributed by atoms with Gasteiger partial charge in [0.25, 0.3) is 0 Å². The normalized spacial score (nSPS) is 23.9. The molecule has 0 N–H and O–H groups in total. The number of halogens is 1. The van der Waals surface area contributed by atoms with Crippen LogP contribution in [0, 0.1) is 6.92 Å². The first-order valence-electron chi connectivity index (χ1n) is 5.93. The lowest BCUT2D eigenvalue weighted by atomic mass is 9.94. The van der Waals surface area contributed by atoms with Gasteiger partial charge in [-0.3, -0.25) is 4.79 Å². The van der Waals surface area contributed by atoms with Gasteiger partial charge in [0.05, 0.1) is 4.75 Å². The van der Waals surface area contributed by atoms with Gasteiger partial charge >= 0.3 is 0 Å². The number of aryl methyl sites for hydroxylation is 1. The number of carbonyl (C=O) groups is 1. The minimum Gasteiger partial charge on any atom is -0.298 e. The molecule has 0 amide bonds. The van der Waals surface area contributed by atoms with Crippen LogP contribution < -0.4 is 0 Å². The molecule has 0 bridgehead atoms. The van der Waals surface area contributed by atoms with Crippen molar-refractivity contribution in [1.29, 1.82) is 0 Å². The van der Waals surface area contributed by atoms with Gasteiger partial charge in [0.15, 0.2) is 5.78 Å². The molecule has 1 aromatic carbocycles. The van der Waals surface area contributed by atoms with Crippen molar-refractivity contribution >= 4 is 29.1 Å². The Balaban J connectivity index is 2.13. The van der Waals surface area contributed by atoms with E-state index in [4.69, 9.17) is 11.6 Å². The van der Waals surface area contributed by atoms with E-state index in [0.29, 0.717) is 17.2 Å². The van der Waals surface area contributed by atoms with Gasteiger partial charge < -0.3 is 0 Å². The number of hydrogen-bond donors (Lipinski definition) is 0. The van der Waals surface area contributed by atoms with Crippen LogP contribution in [0.25, 0.3) is 0 Å². The van der Waals surface area contributed by atoms with E-state index in [0.717, 1.165) is 29.7 Å². The summed E-state index contributed by atoms with van der Waals surface area (Å²) in [6.45, 7) is 4.07. The van der Waals surface area contributed by atoms with Gasteiger partial charge in [-0.05, 0) is 49.6 Å². The fourth-order valence-corrected chi connectivity index (χ4v) is 3.72. The zero-order valence-electron chi connectivity index (χ0n) is 10.3. The SMILES string of the molecule is Cc1ccc(CC(=O)C2(C)CCCS2)c(Cl)c1. The summed E-state index contributed by atoms with van der Waals surface area (Å²) in [6.07, 6.45) is 2.61. The molecule has 1 atom stereocenters. The Kier molecular flexibility index (Phi) is 3.84. The largest absolute Gasteiger partial charge is 0.298 e. The van der Waals surface area contributed by atoms with E-state index in [1.54, 1.807) is 11.8 Å². The average molecular weight is 269 g/mol. The van der Waals surface area contributed by atoms with Gasteiger partial charge in [-0.1, -0.05) is 23.7 Å². The third-order valence-corrected chi connectivity index (χ3v) is 5.28. The second kappa shape index (κ2) is 5.03. The molecule has 1 aliphatic heterocycles. The first kappa shape index (κ1) is 13.0. The van der Waals surface area contributed by atoms with E-state index < -0.39 is 0 Å². The Bertz CT molecular complexity index is 436. The molecule has 1 nitrogen and oxygen atoms in total. The molecule has 1 unspecified atom stereocenters. The molecule has 0 spiro atoms. The summed E-state index contributed by atoms with van der Waals surface area (Å²) >= 11 is 7.96. The maximum Gasteiger partial charge on any atom is 0.153 e. The summed E-state index contributed by atoms with van der Waals surface area (Å²) in [5, 5.41) is 0.713. The fraction of sp³-hybridized carbons (Fsp3) is 0.500. The molecule has 2 rings (SSSR count). The van der Waals surface area contributed by atoms with Crippen molar-refractivity contribution in [3.05, 3.63) is 34.3 Å². The van der Waals surface area contributed by atoms with Crippen molar-refractivity contribution in [3.8, 4) is 0 Å². The summed E-state index contributed by atoms with van der Waals surface area (Å²) < 4.78 is -0.186. The van der Waals surface area contributed by atoms with E-state index in [9.17, 15) is 4.79 Å². The van der Waals surface area contributed by atoms with E-state index in [1.165, 1.54) is 0 Å². The quantitative estimate of drug-likeness (QED) is 0.823. The number of hydrogen-bond acceptors (Lipinski definition) is 2. The zero-order valence-corrected chi connectivity index (χ0v) is 11.8. The van der Waals surface area contributed by atoms with Gasteiger partial charge in [-0.2, -0.15) is 0 Å². The van der Waals surface area contributed by atoms with Crippen molar-refractivity contribution in [2.75, 3.05) is 5.75 Å². The Morgan fingerprint density at radius 1 is 1.53 bits per heavy atom. The van der Waals surface area contributed by atoms with Crippen molar-refractivity contribution in [2.24, 2.45) is 0 Å². The lowest BCUT2D eigenvalue weighted by molar-refractivity contribution is -0.120. The van der Waals surface area contributed by atoms with Crippen LogP contribution in [0.1, 0.15) is 30.9 Å². The maximum atomic E-state index is 12.3. The number of ketones is 1. The second-order valence-electron chi connectivity index (χ2n) is 4.88. The van der Waals surface area contributed by atoms with Crippen LogP contribution >= 0.6 is 23.4 Å². The number of thioether (sulfide) groups is 1. The molecule has 1 fully saturated rings. The summed E-state index contributed by atoms with van der Waals surface area (Å²) in [5.41, 5.74) is 2.09. The lowest BCUT2D eigenvalue weighted by Crippen LogP contribution is -2.30. The molecular weight excluding hydrogens is 252 g/mol. The van der Waals surface area contributed by atoms with Crippen molar-refractivity contribution in [1.82, 2.24) is 0 Å². The molecule has 1 aromatic rings. The number of benzene rings is 1. The molecule has 3 heteroatoms. The lowest BCUT2D eigenvalue weighted by Gasteiger charge is -2.21. The molecule has 0 aliphatic carbocycles. The minimum absolute atomic E-state index is 0.186. The molecular formula is C14H17ClOS. The smallest absolute Gasteiger partial charge is 0.153 e. The van der Waals surface area contributed by atoms with Gasteiger partial charge in [-0.25, -0.2) is 0 Å². The van der Waals surface area contributed by atoms with E-state index in [2.05, 4.69) is 6.92 Å². The molecule has 1 saturated heterocycles. The third kappa shape index (κ3) is 2.86.